The zero-order valence-corrected chi connectivity index (χ0v) is 19.7. The fourth-order valence-electron chi connectivity index (χ4n) is 4.40. The van der Waals surface area contributed by atoms with Crippen LogP contribution in [0.3, 0.4) is 0 Å². The maximum atomic E-state index is 12.3. The number of aromatic carboxylic acids is 1. The van der Waals surface area contributed by atoms with Gasteiger partial charge in [-0.15, -0.1) is 0 Å². The Morgan fingerprint density at radius 3 is 2.31 bits per heavy atom. The fourth-order valence-corrected chi connectivity index (χ4v) is 4.40. The van der Waals surface area contributed by atoms with E-state index in [1.54, 1.807) is 7.05 Å². The molecule has 4 rings (SSSR count). The Hall–Kier alpha value is -4.14. The number of carbonyl (C=O) groups excluding carboxylic acids is 2. The van der Waals surface area contributed by atoms with E-state index in [9.17, 15) is 19.5 Å². The first-order valence-corrected chi connectivity index (χ1v) is 11.4. The molecule has 0 saturated heterocycles. The number of nitrogens with zero attached hydrogens (tertiary/aromatic N) is 2. The van der Waals surface area contributed by atoms with Gasteiger partial charge >= 0.3 is 12.1 Å². The summed E-state index contributed by atoms with van der Waals surface area (Å²) in [5, 5.41) is 18.6. The minimum Gasteiger partial charge on any atom is -0.478 e. The largest absolute Gasteiger partial charge is 0.478 e. The summed E-state index contributed by atoms with van der Waals surface area (Å²) in [7, 11) is 1.62. The van der Waals surface area contributed by atoms with Gasteiger partial charge < -0.3 is 20.5 Å². The average molecular weight is 477 g/mol. The van der Waals surface area contributed by atoms with Crippen molar-refractivity contribution in [2.45, 2.75) is 25.8 Å². The molecule has 2 amide bonds. The quantitative estimate of drug-likeness (QED) is 0.436. The highest BCUT2D eigenvalue weighted by molar-refractivity contribution is 5.88. The molecule has 1 aliphatic rings. The van der Waals surface area contributed by atoms with Crippen molar-refractivity contribution in [1.82, 2.24) is 20.4 Å². The summed E-state index contributed by atoms with van der Waals surface area (Å²) in [4.78, 5) is 35.9. The van der Waals surface area contributed by atoms with Crippen LogP contribution in [0, 0.1) is 5.92 Å². The van der Waals surface area contributed by atoms with Crippen LogP contribution in [-0.4, -0.2) is 46.0 Å². The minimum atomic E-state index is -1.09. The standard InChI is InChI=1S/C26H28N4O5/c1-16(11-24(31)27-14-23-21(25(32)33)13-29-30(23)2)12-28-26(34)35-15-22-19-9-5-3-7-17(19)18-8-4-6-10-20(18)22/h3-10,13,16,22H,11-12,14-15H2,1-2H3,(H,27,31)(H,28,34)(H,32,33). The lowest BCUT2D eigenvalue weighted by Gasteiger charge is -2.16. The molecule has 35 heavy (non-hydrogen) atoms. The maximum absolute atomic E-state index is 12.3. The van der Waals surface area contributed by atoms with Crippen LogP contribution in [-0.2, 0) is 23.1 Å². The summed E-state index contributed by atoms with van der Waals surface area (Å²) in [5.74, 6) is -1.49. The molecule has 0 fully saturated rings. The lowest BCUT2D eigenvalue weighted by atomic mass is 9.98. The van der Waals surface area contributed by atoms with E-state index in [1.807, 2.05) is 31.2 Å². The van der Waals surface area contributed by atoms with Gasteiger partial charge in [0, 0.05) is 25.9 Å². The third kappa shape index (κ3) is 5.34. The van der Waals surface area contributed by atoms with Crippen LogP contribution in [0.25, 0.3) is 11.1 Å². The maximum Gasteiger partial charge on any atom is 0.407 e. The summed E-state index contributed by atoms with van der Waals surface area (Å²) in [6.45, 7) is 2.40. The number of carboxylic acid groups (broad SMARTS) is 1. The first kappa shape index (κ1) is 24.0. The molecule has 0 aliphatic heterocycles. The van der Waals surface area contributed by atoms with E-state index in [-0.39, 0.29) is 49.4 Å². The van der Waals surface area contributed by atoms with Gasteiger partial charge in [0.25, 0.3) is 0 Å². The Balaban J connectivity index is 1.23. The molecule has 0 spiro atoms. The number of carbonyl (C=O) groups is 3. The molecule has 1 atom stereocenters. The van der Waals surface area contributed by atoms with Crippen molar-refractivity contribution < 1.29 is 24.2 Å². The Kier molecular flexibility index (Phi) is 7.14. The highest BCUT2D eigenvalue weighted by Gasteiger charge is 2.29. The molecular formula is C26H28N4O5. The van der Waals surface area contributed by atoms with Gasteiger partial charge in [-0.05, 0) is 28.2 Å². The van der Waals surface area contributed by atoms with E-state index >= 15 is 0 Å². The van der Waals surface area contributed by atoms with Gasteiger partial charge in [-0.25, -0.2) is 9.59 Å². The summed E-state index contributed by atoms with van der Waals surface area (Å²) in [6.07, 6.45) is 0.898. The summed E-state index contributed by atoms with van der Waals surface area (Å²) in [5.41, 5.74) is 5.08. The van der Waals surface area contributed by atoms with Gasteiger partial charge in [-0.2, -0.15) is 5.10 Å². The molecule has 0 radical (unpaired) electrons. The fraction of sp³-hybridized carbons (Fsp3) is 0.308. The molecule has 0 bridgehead atoms. The molecule has 2 aromatic carbocycles. The molecule has 9 nitrogen and oxygen atoms in total. The van der Waals surface area contributed by atoms with E-state index in [1.165, 1.54) is 22.0 Å². The number of nitrogens with one attached hydrogen (secondary N) is 2. The highest BCUT2D eigenvalue weighted by atomic mass is 16.5. The first-order valence-electron chi connectivity index (χ1n) is 11.4. The van der Waals surface area contributed by atoms with Crippen LogP contribution in [0.15, 0.2) is 54.7 Å². The van der Waals surface area contributed by atoms with Gasteiger partial charge in [-0.3, -0.25) is 9.48 Å². The lowest BCUT2D eigenvalue weighted by molar-refractivity contribution is -0.122. The van der Waals surface area contributed by atoms with Crippen LogP contribution in [0.1, 0.15) is 46.4 Å². The number of rotatable bonds is 9. The van der Waals surface area contributed by atoms with Crippen LogP contribution >= 0.6 is 0 Å². The number of hydrogen-bond donors (Lipinski definition) is 3. The molecule has 1 heterocycles. The number of hydrogen-bond acceptors (Lipinski definition) is 5. The van der Waals surface area contributed by atoms with Crippen molar-refractivity contribution in [3.05, 3.63) is 77.1 Å². The number of aromatic nitrogens is 2. The van der Waals surface area contributed by atoms with E-state index in [0.717, 1.165) is 11.1 Å². The third-order valence-corrected chi connectivity index (χ3v) is 6.22. The van der Waals surface area contributed by atoms with E-state index < -0.39 is 12.1 Å². The van der Waals surface area contributed by atoms with E-state index in [2.05, 4.69) is 40.0 Å². The van der Waals surface area contributed by atoms with Crippen molar-refractivity contribution in [3.63, 3.8) is 0 Å². The second-order valence-corrected chi connectivity index (χ2v) is 8.73. The molecule has 9 heteroatoms. The Morgan fingerprint density at radius 1 is 1.06 bits per heavy atom. The third-order valence-electron chi connectivity index (χ3n) is 6.22. The van der Waals surface area contributed by atoms with Gasteiger partial charge in [-0.1, -0.05) is 55.5 Å². The molecule has 182 valence electrons. The van der Waals surface area contributed by atoms with Crippen LogP contribution in [0.4, 0.5) is 4.79 Å². The normalized spacial score (nSPS) is 13.0. The number of benzene rings is 2. The molecule has 3 aromatic rings. The highest BCUT2D eigenvalue weighted by Crippen LogP contribution is 2.44. The zero-order chi connectivity index (χ0) is 24.9. The topological polar surface area (TPSA) is 123 Å². The van der Waals surface area contributed by atoms with Crippen molar-refractivity contribution in [1.29, 1.82) is 0 Å². The monoisotopic (exact) mass is 476 g/mol. The smallest absolute Gasteiger partial charge is 0.407 e. The summed E-state index contributed by atoms with van der Waals surface area (Å²) < 4.78 is 6.95. The number of aryl methyl sites for hydroxylation is 1. The summed E-state index contributed by atoms with van der Waals surface area (Å²) >= 11 is 0. The molecule has 1 aromatic heterocycles. The van der Waals surface area contributed by atoms with Crippen LogP contribution < -0.4 is 10.6 Å². The summed E-state index contributed by atoms with van der Waals surface area (Å²) in [6, 6.07) is 16.3. The van der Waals surface area contributed by atoms with Gasteiger partial charge in [0.15, 0.2) is 0 Å². The number of fused-ring (bicyclic) bond motifs is 3. The van der Waals surface area contributed by atoms with Crippen molar-refractivity contribution >= 4 is 18.0 Å². The van der Waals surface area contributed by atoms with Crippen LogP contribution in [0.2, 0.25) is 0 Å². The number of alkyl carbamates (subject to hydrolysis) is 1. The Labute approximate surface area is 203 Å². The predicted molar refractivity (Wildman–Crippen MR) is 129 cm³/mol. The lowest BCUT2D eigenvalue weighted by Crippen LogP contribution is -2.33. The van der Waals surface area contributed by atoms with Gasteiger partial charge in [0.2, 0.25) is 5.91 Å². The zero-order valence-electron chi connectivity index (χ0n) is 19.7. The molecule has 1 aliphatic carbocycles. The van der Waals surface area contributed by atoms with Gasteiger partial charge in [0.1, 0.15) is 12.2 Å². The van der Waals surface area contributed by atoms with Crippen molar-refractivity contribution in [2.75, 3.05) is 13.2 Å². The van der Waals surface area contributed by atoms with E-state index in [4.69, 9.17) is 4.74 Å². The molecule has 1 unspecified atom stereocenters. The SMILES string of the molecule is CC(CNC(=O)OCC1c2ccccc2-c2ccccc21)CC(=O)NCc1c(C(=O)O)cnn1C. The number of amides is 2. The number of carboxylic acids is 1. The number of ether oxygens (including phenoxy) is 1. The Bertz CT molecular complexity index is 1210. The predicted octanol–water partition coefficient (Wildman–Crippen LogP) is 3.30. The first-order chi connectivity index (χ1) is 16.8. The minimum absolute atomic E-state index is 0.0148. The second-order valence-electron chi connectivity index (χ2n) is 8.73. The van der Waals surface area contributed by atoms with Gasteiger partial charge in [0.05, 0.1) is 18.4 Å². The molecular weight excluding hydrogens is 448 g/mol. The van der Waals surface area contributed by atoms with Crippen molar-refractivity contribution in [2.24, 2.45) is 13.0 Å². The van der Waals surface area contributed by atoms with Crippen molar-refractivity contribution in [3.8, 4) is 11.1 Å². The molecule has 3 N–H and O–H groups in total. The average Bonchev–Trinajstić information content (AvgIpc) is 3.37. The van der Waals surface area contributed by atoms with E-state index in [0.29, 0.717) is 5.69 Å². The van der Waals surface area contributed by atoms with Crippen LogP contribution in [0.5, 0.6) is 0 Å². The second kappa shape index (κ2) is 10.4. The molecule has 0 saturated carbocycles. The Morgan fingerprint density at radius 2 is 1.69 bits per heavy atom.